The van der Waals surface area contributed by atoms with Gasteiger partial charge in [0.05, 0.1) is 32.6 Å². The quantitative estimate of drug-likeness (QED) is 0.602. The average molecular weight is 330 g/mol. The number of rotatable bonds is 6. The van der Waals surface area contributed by atoms with Crippen molar-refractivity contribution in [2.45, 2.75) is 13.8 Å². The van der Waals surface area contributed by atoms with Crippen LogP contribution in [0.2, 0.25) is 0 Å². The first-order valence-electron chi connectivity index (χ1n) is 7.45. The van der Waals surface area contributed by atoms with Gasteiger partial charge in [-0.05, 0) is 32.1 Å². The second-order valence-corrected chi connectivity index (χ2v) is 5.32. The number of nitrogens with zero attached hydrogens (tertiary/aromatic N) is 2. The van der Waals surface area contributed by atoms with Gasteiger partial charge in [0.2, 0.25) is 0 Å². The van der Waals surface area contributed by atoms with Crippen LogP contribution in [0.5, 0.6) is 17.2 Å². The molecule has 0 saturated heterocycles. The van der Waals surface area contributed by atoms with E-state index in [0.29, 0.717) is 28.5 Å². The molecule has 0 aliphatic heterocycles. The lowest BCUT2D eigenvalue weighted by atomic mass is 10.1. The van der Waals surface area contributed by atoms with Crippen LogP contribution in [0.15, 0.2) is 18.2 Å². The molecular weight excluding hydrogens is 308 g/mol. The number of aromatic nitrogens is 2. The molecule has 0 bridgehead atoms. The van der Waals surface area contributed by atoms with Crippen LogP contribution in [0, 0.1) is 13.8 Å². The van der Waals surface area contributed by atoms with Crippen molar-refractivity contribution in [1.82, 2.24) is 9.78 Å². The zero-order valence-electron chi connectivity index (χ0n) is 14.8. The molecule has 0 amide bonds. The number of hydrogen-bond acceptors (Lipinski definition) is 5. The minimum absolute atomic E-state index is 0.102. The lowest BCUT2D eigenvalue weighted by Gasteiger charge is -2.12. The Balaban J connectivity index is 2.39. The van der Waals surface area contributed by atoms with Crippen LogP contribution in [0.3, 0.4) is 0 Å². The molecule has 24 heavy (non-hydrogen) atoms. The van der Waals surface area contributed by atoms with Gasteiger partial charge in [0.1, 0.15) is 5.75 Å². The fraction of sp³-hybridized carbons (Fsp3) is 0.333. The predicted molar refractivity (Wildman–Crippen MR) is 92.1 cm³/mol. The summed E-state index contributed by atoms with van der Waals surface area (Å²) in [5.41, 5.74) is 2.89. The van der Waals surface area contributed by atoms with Gasteiger partial charge in [-0.3, -0.25) is 9.48 Å². The molecule has 0 unspecified atom stereocenters. The highest BCUT2D eigenvalue weighted by molar-refractivity contribution is 6.08. The number of ether oxygens (including phenoxy) is 3. The maximum Gasteiger partial charge on any atom is 0.189 e. The van der Waals surface area contributed by atoms with E-state index < -0.39 is 0 Å². The molecule has 0 spiro atoms. The lowest BCUT2D eigenvalue weighted by Crippen LogP contribution is -2.00. The summed E-state index contributed by atoms with van der Waals surface area (Å²) >= 11 is 0. The van der Waals surface area contributed by atoms with E-state index >= 15 is 0 Å². The van der Waals surface area contributed by atoms with Crippen LogP contribution in [0.1, 0.15) is 27.3 Å². The van der Waals surface area contributed by atoms with Crippen LogP contribution in [-0.4, -0.2) is 36.9 Å². The Morgan fingerprint density at radius 2 is 1.62 bits per heavy atom. The monoisotopic (exact) mass is 330 g/mol. The SMILES string of the molecule is COc1cc(OC)c(OC)cc1/C=C\C(=O)c1c(C)nn(C)c1C. The molecule has 0 radical (unpaired) electrons. The van der Waals surface area contributed by atoms with Gasteiger partial charge in [-0.25, -0.2) is 0 Å². The summed E-state index contributed by atoms with van der Waals surface area (Å²) in [6.07, 6.45) is 3.22. The van der Waals surface area contributed by atoms with E-state index in [2.05, 4.69) is 5.10 Å². The smallest absolute Gasteiger partial charge is 0.189 e. The van der Waals surface area contributed by atoms with Gasteiger partial charge < -0.3 is 14.2 Å². The van der Waals surface area contributed by atoms with E-state index in [-0.39, 0.29) is 5.78 Å². The second kappa shape index (κ2) is 7.21. The highest BCUT2D eigenvalue weighted by atomic mass is 16.5. The topological polar surface area (TPSA) is 62.6 Å². The van der Waals surface area contributed by atoms with Crippen LogP contribution in [-0.2, 0) is 7.05 Å². The molecule has 0 saturated carbocycles. The fourth-order valence-electron chi connectivity index (χ4n) is 2.56. The second-order valence-electron chi connectivity index (χ2n) is 5.32. The number of methoxy groups -OCH3 is 3. The Kier molecular flexibility index (Phi) is 5.28. The molecule has 0 aliphatic rings. The minimum atomic E-state index is -0.102. The maximum atomic E-state index is 12.5. The van der Waals surface area contributed by atoms with E-state index in [0.717, 1.165) is 11.3 Å². The molecule has 2 rings (SSSR count). The Hall–Kier alpha value is -2.76. The number of allylic oxidation sites excluding steroid dienone is 1. The molecule has 128 valence electrons. The van der Waals surface area contributed by atoms with Gasteiger partial charge in [-0.15, -0.1) is 0 Å². The third-order valence-electron chi connectivity index (χ3n) is 3.91. The standard InChI is InChI=1S/C18H22N2O4/c1-11-18(12(2)20(3)19-11)14(21)8-7-13-9-16(23-5)17(24-6)10-15(13)22-4/h7-10H,1-6H3/b8-7-. The lowest BCUT2D eigenvalue weighted by molar-refractivity contribution is 0.104. The molecule has 0 N–H and O–H groups in total. The third-order valence-corrected chi connectivity index (χ3v) is 3.91. The van der Waals surface area contributed by atoms with Crippen molar-refractivity contribution in [2.24, 2.45) is 7.05 Å². The van der Waals surface area contributed by atoms with Crippen LogP contribution >= 0.6 is 0 Å². The van der Waals surface area contributed by atoms with Crippen LogP contribution in [0.4, 0.5) is 0 Å². The number of aryl methyl sites for hydroxylation is 2. The van der Waals surface area contributed by atoms with E-state index in [9.17, 15) is 4.79 Å². The number of carbonyl (C=O) groups is 1. The van der Waals surface area contributed by atoms with Gasteiger partial charge in [0.25, 0.3) is 0 Å². The van der Waals surface area contributed by atoms with Crippen molar-refractivity contribution in [3.8, 4) is 17.2 Å². The zero-order chi connectivity index (χ0) is 17.9. The molecule has 1 aromatic heterocycles. The van der Waals surface area contributed by atoms with Crippen molar-refractivity contribution in [1.29, 1.82) is 0 Å². The third kappa shape index (κ3) is 3.27. The summed E-state index contributed by atoms with van der Waals surface area (Å²) in [6, 6.07) is 3.49. The Morgan fingerprint density at radius 1 is 1.04 bits per heavy atom. The molecule has 6 heteroatoms. The summed E-state index contributed by atoms with van der Waals surface area (Å²) in [7, 11) is 6.51. The molecule has 1 heterocycles. The van der Waals surface area contributed by atoms with Crippen molar-refractivity contribution in [3.63, 3.8) is 0 Å². The summed E-state index contributed by atoms with van der Waals surface area (Å²) < 4.78 is 17.6. The molecular formula is C18H22N2O4. The van der Waals surface area contributed by atoms with E-state index in [1.165, 1.54) is 6.08 Å². The molecule has 0 fully saturated rings. The number of hydrogen-bond donors (Lipinski definition) is 0. The number of benzene rings is 1. The first kappa shape index (κ1) is 17.6. The van der Waals surface area contributed by atoms with E-state index in [1.807, 2.05) is 20.9 Å². The van der Waals surface area contributed by atoms with Gasteiger partial charge in [0, 0.05) is 24.4 Å². The predicted octanol–water partition coefficient (Wildman–Crippen LogP) is 2.96. The van der Waals surface area contributed by atoms with Crippen LogP contribution in [0.25, 0.3) is 6.08 Å². The summed E-state index contributed by atoms with van der Waals surface area (Å²) in [5, 5.41) is 4.27. The van der Waals surface area contributed by atoms with Gasteiger partial charge in [0.15, 0.2) is 17.3 Å². The van der Waals surface area contributed by atoms with E-state index in [4.69, 9.17) is 14.2 Å². The van der Waals surface area contributed by atoms with Crippen molar-refractivity contribution in [3.05, 3.63) is 40.7 Å². The molecule has 1 aromatic carbocycles. The Labute approximate surface area is 141 Å². The Bertz CT molecular complexity index is 791. The largest absolute Gasteiger partial charge is 0.496 e. The minimum Gasteiger partial charge on any atom is -0.496 e. The number of carbonyl (C=O) groups excluding carboxylic acids is 1. The molecule has 2 aromatic rings. The Morgan fingerprint density at radius 3 is 2.12 bits per heavy atom. The molecule has 0 atom stereocenters. The first-order valence-corrected chi connectivity index (χ1v) is 7.45. The van der Waals surface area contributed by atoms with Crippen LogP contribution < -0.4 is 14.2 Å². The van der Waals surface area contributed by atoms with Crippen molar-refractivity contribution >= 4 is 11.9 Å². The highest BCUT2D eigenvalue weighted by Gasteiger charge is 2.15. The first-order chi connectivity index (χ1) is 11.4. The average Bonchev–Trinajstić information content (AvgIpc) is 2.84. The zero-order valence-corrected chi connectivity index (χ0v) is 14.8. The summed E-state index contributed by atoms with van der Waals surface area (Å²) in [5.74, 6) is 1.63. The van der Waals surface area contributed by atoms with E-state index in [1.54, 1.807) is 44.2 Å². The molecule has 6 nitrogen and oxygen atoms in total. The van der Waals surface area contributed by atoms with Crippen molar-refractivity contribution < 1.29 is 19.0 Å². The molecule has 0 aliphatic carbocycles. The van der Waals surface area contributed by atoms with Crippen molar-refractivity contribution in [2.75, 3.05) is 21.3 Å². The fourth-order valence-corrected chi connectivity index (χ4v) is 2.56. The highest BCUT2D eigenvalue weighted by Crippen LogP contribution is 2.35. The normalized spacial score (nSPS) is 10.9. The van der Waals surface area contributed by atoms with Gasteiger partial charge in [-0.2, -0.15) is 5.10 Å². The maximum absolute atomic E-state index is 12.5. The van der Waals surface area contributed by atoms with Gasteiger partial charge >= 0.3 is 0 Å². The summed E-state index contributed by atoms with van der Waals surface area (Å²) in [4.78, 5) is 12.5. The van der Waals surface area contributed by atoms with Gasteiger partial charge in [-0.1, -0.05) is 0 Å². The number of ketones is 1. The summed E-state index contributed by atoms with van der Waals surface area (Å²) in [6.45, 7) is 3.70.